The van der Waals surface area contributed by atoms with Crippen molar-refractivity contribution in [1.29, 1.82) is 5.26 Å². The number of benzene rings is 1. The first-order chi connectivity index (χ1) is 10.3. The number of hydrogen-bond acceptors (Lipinski definition) is 6. The molecule has 0 spiro atoms. The summed E-state index contributed by atoms with van der Waals surface area (Å²) in [5.74, 6) is 1.45. The van der Waals surface area contributed by atoms with Crippen LogP contribution in [0.25, 0.3) is 0 Å². The van der Waals surface area contributed by atoms with Crippen molar-refractivity contribution in [1.82, 2.24) is 9.80 Å². The van der Waals surface area contributed by atoms with Crippen molar-refractivity contribution >= 4 is 0 Å². The maximum absolute atomic E-state index is 9.53. The lowest BCUT2D eigenvalue weighted by molar-refractivity contribution is 0.0981. The van der Waals surface area contributed by atoms with Gasteiger partial charge < -0.3 is 14.6 Å². The second kappa shape index (κ2) is 6.31. The van der Waals surface area contributed by atoms with Gasteiger partial charge in [0.05, 0.1) is 12.7 Å². The molecule has 1 aromatic rings. The van der Waals surface area contributed by atoms with Crippen LogP contribution < -0.4 is 9.47 Å². The van der Waals surface area contributed by atoms with Gasteiger partial charge in [-0.2, -0.15) is 5.26 Å². The second-order valence-electron chi connectivity index (χ2n) is 5.25. The van der Waals surface area contributed by atoms with E-state index in [1.807, 2.05) is 18.2 Å². The molecule has 6 nitrogen and oxygen atoms in total. The normalized spacial score (nSPS) is 20.2. The van der Waals surface area contributed by atoms with E-state index in [0.29, 0.717) is 12.3 Å². The summed E-state index contributed by atoms with van der Waals surface area (Å²) in [6.45, 7) is 4.54. The molecular formula is C15H19N3O3. The minimum absolute atomic E-state index is 0.184. The minimum atomic E-state index is -0.268. The Morgan fingerprint density at radius 1 is 1.19 bits per heavy atom. The lowest BCUT2D eigenvalue weighted by Gasteiger charge is -2.36. The van der Waals surface area contributed by atoms with Crippen molar-refractivity contribution in [3.63, 3.8) is 0 Å². The van der Waals surface area contributed by atoms with Gasteiger partial charge in [0.25, 0.3) is 0 Å². The molecule has 112 valence electrons. The molecule has 2 heterocycles. The van der Waals surface area contributed by atoms with Crippen LogP contribution in [0, 0.1) is 11.3 Å². The predicted molar refractivity (Wildman–Crippen MR) is 76.0 cm³/mol. The van der Waals surface area contributed by atoms with Crippen LogP contribution in [0.4, 0.5) is 0 Å². The Bertz CT molecular complexity index is 535. The number of hydrogen-bond donors (Lipinski definition) is 1. The maximum atomic E-state index is 9.53. The van der Waals surface area contributed by atoms with Gasteiger partial charge in [0, 0.05) is 32.7 Å². The molecule has 0 amide bonds. The number of ether oxygens (including phenoxy) is 2. The van der Waals surface area contributed by atoms with E-state index in [9.17, 15) is 5.26 Å². The van der Waals surface area contributed by atoms with Crippen LogP contribution in [0.3, 0.4) is 0 Å². The third kappa shape index (κ3) is 2.95. The molecule has 2 aliphatic heterocycles. The molecule has 2 aliphatic rings. The highest BCUT2D eigenvalue weighted by Gasteiger charge is 2.26. The molecule has 0 radical (unpaired) electrons. The van der Waals surface area contributed by atoms with Gasteiger partial charge in [-0.15, -0.1) is 0 Å². The molecule has 3 rings (SSSR count). The smallest absolute Gasteiger partial charge is 0.231 e. The van der Waals surface area contributed by atoms with Gasteiger partial charge in [-0.3, -0.25) is 9.80 Å². The molecular weight excluding hydrogens is 270 g/mol. The van der Waals surface area contributed by atoms with Gasteiger partial charge in [0.2, 0.25) is 6.79 Å². The first-order valence-electron chi connectivity index (χ1n) is 7.18. The summed E-state index contributed by atoms with van der Waals surface area (Å²) in [5.41, 5.74) is 0.942. The van der Waals surface area contributed by atoms with Gasteiger partial charge in [0.1, 0.15) is 6.04 Å². The summed E-state index contributed by atoms with van der Waals surface area (Å²) in [5, 5.41) is 18.5. The van der Waals surface area contributed by atoms with E-state index in [2.05, 4.69) is 15.9 Å². The Kier molecular flexibility index (Phi) is 4.25. The number of β-amino-alcohol motifs (C(OH)–C–C–N with tert-alkyl or cyclic N) is 1. The zero-order valence-electron chi connectivity index (χ0n) is 11.9. The summed E-state index contributed by atoms with van der Waals surface area (Å²) in [7, 11) is 0. The zero-order valence-corrected chi connectivity index (χ0v) is 11.9. The first kappa shape index (κ1) is 14.1. The van der Waals surface area contributed by atoms with Crippen LogP contribution in [-0.2, 0) is 0 Å². The quantitative estimate of drug-likeness (QED) is 0.875. The number of aliphatic hydroxyl groups excluding tert-OH is 1. The molecule has 21 heavy (non-hydrogen) atoms. The Morgan fingerprint density at radius 3 is 2.67 bits per heavy atom. The average molecular weight is 289 g/mol. The molecule has 1 aromatic carbocycles. The van der Waals surface area contributed by atoms with Crippen molar-refractivity contribution < 1.29 is 14.6 Å². The Balaban J connectivity index is 1.70. The van der Waals surface area contributed by atoms with Crippen LogP contribution >= 0.6 is 0 Å². The maximum Gasteiger partial charge on any atom is 0.231 e. The molecule has 0 bridgehead atoms. The van der Waals surface area contributed by atoms with Crippen LogP contribution in [0.1, 0.15) is 11.6 Å². The summed E-state index contributed by atoms with van der Waals surface area (Å²) in [6.07, 6.45) is 0. The van der Waals surface area contributed by atoms with E-state index in [4.69, 9.17) is 14.6 Å². The van der Waals surface area contributed by atoms with E-state index in [1.54, 1.807) is 0 Å². The lowest BCUT2D eigenvalue weighted by atomic mass is 10.0. The molecule has 0 saturated carbocycles. The second-order valence-corrected chi connectivity index (χ2v) is 5.25. The van der Waals surface area contributed by atoms with Crippen molar-refractivity contribution in [3.05, 3.63) is 23.8 Å². The third-order valence-corrected chi connectivity index (χ3v) is 4.02. The first-order valence-corrected chi connectivity index (χ1v) is 7.18. The Morgan fingerprint density at radius 2 is 1.95 bits per heavy atom. The molecule has 1 atom stereocenters. The van der Waals surface area contributed by atoms with E-state index >= 15 is 0 Å². The molecule has 0 aromatic heterocycles. The summed E-state index contributed by atoms with van der Waals surface area (Å²) in [4.78, 5) is 4.38. The topological polar surface area (TPSA) is 69.0 Å². The van der Waals surface area contributed by atoms with Crippen LogP contribution in [-0.4, -0.2) is 61.0 Å². The Labute approximate surface area is 124 Å². The molecule has 0 aliphatic carbocycles. The SMILES string of the molecule is N#CC(c1ccc2c(c1)OCO2)N1CCN(CCO)CC1. The molecule has 1 saturated heterocycles. The summed E-state index contributed by atoms with van der Waals surface area (Å²) < 4.78 is 10.7. The van der Waals surface area contributed by atoms with Crippen LogP contribution in [0.15, 0.2) is 18.2 Å². The highest BCUT2D eigenvalue weighted by Crippen LogP contribution is 2.35. The fraction of sp³-hybridized carbons (Fsp3) is 0.533. The van der Waals surface area contributed by atoms with Gasteiger partial charge >= 0.3 is 0 Å². The standard InChI is InChI=1S/C15H19N3O3/c16-10-13(18-5-3-17(4-6-18)7-8-19)12-1-2-14-15(9-12)21-11-20-14/h1-2,9,13,19H,3-8,11H2. The summed E-state index contributed by atoms with van der Waals surface area (Å²) in [6, 6.07) is 7.82. The molecule has 1 fully saturated rings. The molecule has 1 N–H and O–H groups in total. The summed E-state index contributed by atoms with van der Waals surface area (Å²) >= 11 is 0. The lowest BCUT2D eigenvalue weighted by Crippen LogP contribution is -2.48. The van der Waals surface area contributed by atoms with Gasteiger partial charge in [-0.05, 0) is 17.7 Å². The number of rotatable bonds is 4. The van der Waals surface area contributed by atoms with Crippen LogP contribution in [0.2, 0.25) is 0 Å². The largest absolute Gasteiger partial charge is 0.454 e. The van der Waals surface area contributed by atoms with Crippen molar-refractivity contribution in [2.45, 2.75) is 6.04 Å². The molecule has 6 heteroatoms. The average Bonchev–Trinajstić information content (AvgIpc) is 2.98. The predicted octanol–water partition coefficient (Wildman–Crippen LogP) is 0.590. The third-order valence-electron chi connectivity index (χ3n) is 4.02. The Hall–Kier alpha value is -1.81. The number of piperazine rings is 1. The van der Waals surface area contributed by atoms with E-state index in [0.717, 1.165) is 37.5 Å². The van der Waals surface area contributed by atoms with Gasteiger partial charge in [-0.25, -0.2) is 0 Å². The molecule has 1 unspecified atom stereocenters. The highest BCUT2D eigenvalue weighted by molar-refractivity contribution is 5.46. The monoisotopic (exact) mass is 289 g/mol. The number of nitriles is 1. The van der Waals surface area contributed by atoms with Crippen LogP contribution in [0.5, 0.6) is 11.5 Å². The zero-order chi connectivity index (χ0) is 14.7. The van der Waals surface area contributed by atoms with Gasteiger partial charge in [0.15, 0.2) is 11.5 Å². The van der Waals surface area contributed by atoms with E-state index in [1.165, 1.54) is 0 Å². The van der Waals surface area contributed by atoms with Crippen molar-refractivity contribution in [2.24, 2.45) is 0 Å². The fourth-order valence-electron chi connectivity index (χ4n) is 2.84. The number of aliphatic hydroxyl groups is 1. The highest BCUT2D eigenvalue weighted by atomic mass is 16.7. The number of nitrogens with zero attached hydrogens (tertiary/aromatic N) is 3. The number of fused-ring (bicyclic) bond motifs is 1. The van der Waals surface area contributed by atoms with Crippen molar-refractivity contribution in [3.8, 4) is 17.6 Å². The fourth-order valence-corrected chi connectivity index (χ4v) is 2.84. The van der Waals surface area contributed by atoms with E-state index in [-0.39, 0.29) is 19.4 Å². The van der Waals surface area contributed by atoms with E-state index < -0.39 is 0 Å². The minimum Gasteiger partial charge on any atom is -0.454 e. The van der Waals surface area contributed by atoms with Gasteiger partial charge in [-0.1, -0.05) is 6.07 Å². The van der Waals surface area contributed by atoms with Crippen molar-refractivity contribution in [2.75, 3.05) is 46.1 Å².